The van der Waals surface area contributed by atoms with Crippen molar-refractivity contribution in [3.63, 3.8) is 0 Å². The van der Waals surface area contributed by atoms with E-state index in [1.54, 1.807) is 16.6 Å². The Bertz CT molecular complexity index is 715. The van der Waals surface area contributed by atoms with E-state index in [1.165, 1.54) is 6.33 Å². The van der Waals surface area contributed by atoms with Crippen LogP contribution in [0, 0.1) is 0 Å². The van der Waals surface area contributed by atoms with E-state index in [1.807, 2.05) is 30.3 Å². The van der Waals surface area contributed by atoms with Gasteiger partial charge in [0.05, 0.1) is 5.75 Å². The smallest absolute Gasteiger partial charge is 0.218 e. The lowest BCUT2D eigenvalue weighted by atomic mass is 10.1. The van der Waals surface area contributed by atoms with Crippen LogP contribution in [0.25, 0.3) is 0 Å². The number of benzene rings is 1. The summed E-state index contributed by atoms with van der Waals surface area (Å²) < 4.78 is 32.3. The third-order valence-electron chi connectivity index (χ3n) is 3.83. The van der Waals surface area contributed by atoms with E-state index in [9.17, 15) is 8.42 Å². The van der Waals surface area contributed by atoms with Crippen LogP contribution < -0.4 is 4.74 Å². The zero-order valence-corrected chi connectivity index (χ0v) is 13.5. The van der Waals surface area contributed by atoms with Crippen molar-refractivity contribution in [3.05, 3.63) is 54.5 Å². The molecule has 0 bridgehead atoms. The van der Waals surface area contributed by atoms with Gasteiger partial charge in [-0.15, -0.1) is 0 Å². The SMILES string of the molecule is O=S(=O)(Cc1ccccc1)N1CCC(Oc2ccncn2)CC1. The van der Waals surface area contributed by atoms with Crippen molar-refractivity contribution in [3.8, 4) is 5.88 Å². The number of aromatic nitrogens is 2. The van der Waals surface area contributed by atoms with Gasteiger partial charge in [0, 0.05) is 25.4 Å². The van der Waals surface area contributed by atoms with Crippen molar-refractivity contribution in [1.82, 2.24) is 14.3 Å². The highest BCUT2D eigenvalue weighted by Crippen LogP contribution is 2.20. The Morgan fingerprint density at radius 3 is 2.52 bits per heavy atom. The monoisotopic (exact) mass is 333 g/mol. The fraction of sp³-hybridized carbons (Fsp3) is 0.375. The fourth-order valence-corrected chi connectivity index (χ4v) is 4.19. The molecule has 1 aromatic heterocycles. The van der Waals surface area contributed by atoms with Gasteiger partial charge in [-0.1, -0.05) is 30.3 Å². The van der Waals surface area contributed by atoms with Crippen molar-refractivity contribution >= 4 is 10.0 Å². The summed E-state index contributed by atoms with van der Waals surface area (Å²) in [5, 5.41) is 0. The number of nitrogens with zero attached hydrogens (tertiary/aromatic N) is 3. The number of sulfonamides is 1. The van der Waals surface area contributed by atoms with E-state index in [-0.39, 0.29) is 11.9 Å². The van der Waals surface area contributed by atoms with Crippen molar-refractivity contribution in [1.29, 1.82) is 0 Å². The average Bonchev–Trinajstić information content (AvgIpc) is 2.57. The van der Waals surface area contributed by atoms with E-state index >= 15 is 0 Å². The van der Waals surface area contributed by atoms with Gasteiger partial charge in [-0.05, 0) is 18.4 Å². The Hall–Kier alpha value is -1.99. The molecule has 1 aliphatic rings. The fourth-order valence-electron chi connectivity index (χ4n) is 2.62. The van der Waals surface area contributed by atoms with Crippen LogP contribution in [0.15, 0.2) is 48.9 Å². The van der Waals surface area contributed by atoms with Gasteiger partial charge < -0.3 is 4.74 Å². The summed E-state index contributed by atoms with van der Waals surface area (Å²) in [5.41, 5.74) is 0.812. The molecule has 23 heavy (non-hydrogen) atoms. The molecule has 3 rings (SSSR count). The minimum Gasteiger partial charge on any atom is -0.474 e. The third kappa shape index (κ3) is 4.27. The summed E-state index contributed by atoms with van der Waals surface area (Å²) in [6.07, 6.45) is 4.39. The topological polar surface area (TPSA) is 72.4 Å². The summed E-state index contributed by atoms with van der Waals surface area (Å²) in [4.78, 5) is 7.88. The number of hydrogen-bond donors (Lipinski definition) is 0. The second kappa shape index (κ2) is 7.06. The Balaban J connectivity index is 1.56. The largest absolute Gasteiger partial charge is 0.474 e. The molecule has 0 atom stereocenters. The second-order valence-electron chi connectivity index (χ2n) is 5.51. The summed E-state index contributed by atoms with van der Waals surface area (Å²) in [7, 11) is -3.28. The molecular weight excluding hydrogens is 314 g/mol. The van der Waals surface area contributed by atoms with Gasteiger partial charge in [0.15, 0.2) is 0 Å². The third-order valence-corrected chi connectivity index (χ3v) is 5.68. The standard InChI is InChI=1S/C16H19N3O3S/c20-23(21,12-14-4-2-1-3-5-14)19-10-7-15(8-11-19)22-16-6-9-17-13-18-16/h1-6,9,13,15H,7-8,10-12H2. The molecule has 122 valence electrons. The summed E-state index contributed by atoms with van der Waals surface area (Å²) in [6, 6.07) is 11.0. The van der Waals surface area contributed by atoms with E-state index in [4.69, 9.17) is 4.74 Å². The lowest BCUT2D eigenvalue weighted by molar-refractivity contribution is 0.129. The van der Waals surface area contributed by atoms with E-state index in [0.29, 0.717) is 31.8 Å². The Labute approximate surface area is 136 Å². The molecule has 0 unspecified atom stereocenters. The Morgan fingerprint density at radius 1 is 1.13 bits per heavy atom. The second-order valence-corrected chi connectivity index (χ2v) is 7.47. The van der Waals surface area contributed by atoms with Crippen LogP contribution in [0.2, 0.25) is 0 Å². The zero-order valence-electron chi connectivity index (χ0n) is 12.7. The van der Waals surface area contributed by atoms with Crippen LogP contribution in [0.3, 0.4) is 0 Å². The molecule has 1 aliphatic heterocycles. The van der Waals surface area contributed by atoms with Crippen molar-refractivity contribution in [2.24, 2.45) is 0 Å². The van der Waals surface area contributed by atoms with Gasteiger partial charge in [0.1, 0.15) is 12.4 Å². The maximum absolute atomic E-state index is 12.5. The highest BCUT2D eigenvalue weighted by Gasteiger charge is 2.29. The van der Waals surface area contributed by atoms with Crippen LogP contribution in [0.4, 0.5) is 0 Å². The van der Waals surface area contributed by atoms with Crippen LogP contribution in [-0.2, 0) is 15.8 Å². The minimum atomic E-state index is -3.28. The molecule has 0 N–H and O–H groups in total. The molecule has 7 heteroatoms. The Kier molecular flexibility index (Phi) is 4.88. The zero-order chi connectivity index (χ0) is 16.1. The van der Waals surface area contributed by atoms with Crippen molar-refractivity contribution < 1.29 is 13.2 Å². The first-order valence-corrected chi connectivity index (χ1v) is 9.19. The van der Waals surface area contributed by atoms with Crippen molar-refractivity contribution in [2.75, 3.05) is 13.1 Å². The molecule has 1 saturated heterocycles. The molecule has 0 saturated carbocycles. The van der Waals surface area contributed by atoms with Gasteiger partial charge in [-0.2, -0.15) is 0 Å². The molecule has 0 radical (unpaired) electrons. The predicted octanol–water partition coefficient (Wildman–Crippen LogP) is 1.85. The van der Waals surface area contributed by atoms with E-state index in [2.05, 4.69) is 9.97 Å². The van der Waals surface area contributed by atoms with Gasteiger partial charge in [-0.25, -0.2) is 22.7 Å². The van der Waals surface area contributed by atoms with E-state index < -0.39 is 10.0 Å². The molecular formula is C16H19N3O3S. The molecule has 0 spiro atoms. The highest BCUT2D eigenvalue weighted by molar-refractivity contribution is 7.88. The maximum atomic E-state index is 12.5. The van der Waals surface area contributed by atoms with Gasteiger partial charge >= 0.3 is 0 Å². The van der Waals surface area contributed by atoms with Crippen LogP contribution in [0.5, 0.6) is 5.88 Å². The van der Waals surface area contributed by atoms with Crippen molar-refractivity contribution in [2.45, 2.75) is 24.7 Å². The van der Waals surface area contributed by atoms with Gasteiger partial charge in [-0.3, -0.25) is 0 Å². The predicted molar refractivity (Wildman–Crippen MR) is 86.3 cm³/mol. The first-order valence-electron chi connectivity index (χ1n) is 7.58. The summed E-state index contributed by atoms with van der Waals surface area (Å²) in [6.45, 7) is 0.954. The molecule has 0 amide bonds. The number of hydrogen-bond acceptors (Lipinski definition) is 5. The maximum Gasteiger partial charge on any atom is 0.218 e. The normalized spacial score (nSPS) is 17.0. The summed E-state index contributed by atoms with van der Waals surface area (Å²) >= 11 is 0. The first kappa shape index (κ1) is 15.9. The minimum absolute atomic E-state index is 0.00641. The Morgan fingerprint density at radius 2 is 1.87 bits per heavy atom. The molecule has 0 aliphatic carbocycles. The lowest BCUT2D eigenvalue weighted by Crippen LogP contribution is -2.42. The van der Waals surface area contributed by atoms with Gasteiger partial charge in [0.25, 0.3) is 0 Å². The average molecular weight is 333 g/mol. The molecule has 1 fully saturated rings. The highest BCUT2D eigenvalue weighted by atomic mass is 32.2. The van der Waals surface area contributed by atoms with Gasteiger partial charge in [0.2, 0.25) is 15.9 Å². The molecule has 1 aromatic carbocycles. The first-order chi connectivity index (χ1) is 11.1. The van der Waals surface area contributed by atoms with Crippen LogP contribution >= 0.6 is 0 Å². The number of piperidine rings is 1. The quantitative estimate of drug-likeness (QED) is 0.835. The molecule has 6 nitrogen and oxygen atoms in total. The molecule has 2 heterocycles. The molecule has 2 aromatic rings. The van der Waals surface area contributed by atoms with Crippen LogP contribution in [-0.4, -0.2) is 41.9 Å². The van der Waals surface area contributed by atoms with Crippen LogP contribution in [0.1, 0.15) is 18.4 Å². The number of rotatable bonds is 5. The van der Waals surface area contributed by atoms with E-state index in [0.717, 1.165) is 5.56 Å². The lowest BCUT2D eigenvalue weighted by Gasteiger charge is -2.31. The summed E-state index contributed by atoms with van der Waals surface area (Å²) in [5.74, 6) is 0.580. The number of ether oxygens (including phenoxy) is 1.